The number of hydrogen-bond acceptors (Lipinski definition) is 4. The van der Waals surface area contributed by atoms with Crippen molar-refractivity contribution < 1.29 is 4.21 Å². The summed E-state index contributed by atoms with van der Waals surface area (Å²) in [5.74, 6) is 0.517. The van der Waals surface area contributed by atoms with E-state index < -0.39 is 10.8 Å². The quantitative estimate of drug-likeness (QED) is 0.579. The van der Waals surface area contributed by atoms with Gasteiger partial charge in [-0.2, -0.15) is 5.21 Å². The molecule has 1 aromatic heterocycles. The Morgan fingerprint density at radius 2 is 1.90 bits per heavy atom. The maximum Gasteiger partial charge on any atom is 0.204 e. The van der Waals surface area contributed by atoms with E-state index >= 15 is 0 Å². The van der Waals surface area contributed by atoms with Gasteiger partial charge in [0.25, 0.3) is 0 Å². The molecule has 0 saturated carbocycles. The molecule has 0 fully saturated rings. The van der Waals surface area contributed by atoms with E-state index in [9.17, 15) is 4.21 Å². The molecule has 1 unspecified atom stereocenters. The lowest BCUT2D eigenvalue weighted by atomic mass is 10.0. The van der Waals surface area contributed by atoms with Gasteiger partial charge in [-0.15, -0.1) is 10.2 Å². The van der Waals surface area contributed by atoms with Gasteiger partial charge < -0.3 is 0 Å². The fourth-order valence-electron chi connectivity index (χ4n) is 2.45. The lowest BCUT2D eigenvalue weighted by molar-refractivity contribution is 0.679. The van der Waals surface area contributed by atoms with Crippen LogP contribution in [0.25, 0.3) is 11.4 Å². The average molecular weight is 282 g/mol. The SMILES string of the molecule is O=S1c2ccccc2Cc2ccc(-c3nn[nH]n3)cc21. The fraction of sp³-hybridized carbons (Fsp3) is 0.0714. The van der Waals surface area contributed by atoms with Crippen molar-refractivity contribution in [2.24, 2.45) is 0 Å². The number of nitrogens with zero attached hydrogens (tertiary/aromatic N) is 3. The highest BCUT2D eigenvalue weighted by molar-refractivity contribution is 7.85. The highest BCUT2D eigenvalue weighted by Gasteiger charge is 2.22. The molecule has 0 bridgehead atoms. The van der Waals surface area contributed by atoms with E-state index in [-0.39, 0.29) is 0 Å². The van der Waals surface area contributed by atoms with Gasteiger partial charge in [0.05, 0.1) is 10.8 Å². The molecule has 20 heavy (non-hydrogen) atoms. The number of fused-ring (bicyclic) bond motifs is 2. The van der Waals surface area contributed by atoms with E-state index in [2.05, 4.69) is 20.6 Å². The van der Waals surface area contributed by atoms with Gasteiger partial charge in [0.1, 0.15) is 0 Å². The van der Waals surface area contributed by atoms with Crippen molar-refractivity contribution in [3.05, 3.63) is 53.6 Å². The molecule has 0 saturated heterocycles. The average Bonchev–Trinajstić information content (AvgIpc) is 3.02. The number of nitrogens with one attached hydrogen (secondary N) is 1. The van der Waals surface area contributed by atoms with Crippen molar-refractivity contribution in [2.75, 3.05) is 0 Å². The summed E-state index contributed by atoms with van der Waals surface area (Å²) in [5.41, 5.74) is 3.05. The summed E-state index contributed by atoms with van der Waals surface area (Å²) in [6.07, 6.45) is 0.809. The number of tetrazole rings is 1. The molecule has 0 spiro atoms. The molecule has 1 N–H and O–H groups in total. The van der Waals surface area contributed by atoms with Crippen LogP contribution >= 0.6 is 0 Å². The van der Waals surface area contributed by atoms with Crippen molar-refractivity contribution >= 4 is 10.8 Å². The van der Waals surface area contributed by atoms with Crippen molar-refractivity contribution in [3.63, 3.8) is 0 Å². The summed E-state index contributed by atoms with van der Waals surface area (Å²) in [7, 11) is -1.15. The van der Waals surface area contributed by atoms with E-state index in [0.29, 0.717) is 5.82 Å². The topological polar surface area (TPSA) is 71.5 Å². The maximum absolute atomic E-state index is 12.7. The van der Waals surface area contributed by atoms with Crippen LogP contribution in [-0.4, -0.2) is 24.8 Å². The molecule has 0 radical (unpaired) electrons. The van der Waals surface area contributed by atoms with Crippen LogP contribution in [0.1, 0.15) is 11.1 Å². The minimum Gasteiger partial charge on any atom is -0.249 e. The third-order valence-electron chi connectivity index (χ3n) is 3.42. The van der Waals surface area contributed by atoms with Crippen LogP contribution < -0.4 is 0 Å². The third-order valence-corrected chi connectivity index (χ3v) is 5.00. The van der Waals surface area contributed by atoms with Crippen LogP contribution in [0, 0.1) is 0 Å². The van der Waals surface area contributed by atoms with E-state index in [1.165, 1.54) is 0 Å². The van der Waals surface area contributed by atoms with Crippen molar-refractivity contribution in [2.45, 2.75) is 16.2 Å². The second-order valence-electron chi connectivity index (χ2n) is 4.61. The monoisotopic (exact) mass is 282 g/mol. The molecule has 1 atom stereocenters. The molecule has 5 nitrogen and oxygen atoms in total. The number of aromatic amines is 1. The molecule has 2 aromatic carbocycles. The summed E-state index contributed by atoms with van der Waals surface area (Å²) in [4.78, 5) is 1.73. The zero-order valence-corrected chi connectivity index (χ0v) is 11.2. The molecule has 2 heterocycles. The molecule has 0 aliphatic carbocycles. The fourth-order valence-corrected chi connectivity index (χ4v) is 3.88. The van der Waals surface area contributed by atoms with Gasteiger partial charge >= 0.3 is 0 Å². The highest BCUT2D eigenvalue weighted by Crippen LogP contribution is 2.33. The largest absolute Gasteiger partial charge is 0.249 e. The smallest absolute Gasteiger partial charge is 0.204 e. The minimum atomic E-state index is -1.15. The first-order valence-electron chi connectivity index (χ1n) is 6.19. The van der Waals surface area contributed by atoms with Crippen molar-refractivity contribution in [3.8, 4) is 11.4 Å². The standard InChI is InChI=1S/C14H10N4OS/c19-20-12-4-2-1-3-9(12)7-10-5-6-11(8-13(10)20)14-15-17-18-16-14/h1-6,8H,7H2,(H,15,16,17,18). The molecule has 3 aromatic rings. The van der Waals surface area contributed by atoms with E-state index in [1.54, 1.807) is 0 Å². The van der Waals surface area contributed by atoms with Gasteiger partial charge in [-0.3, -0.25) is 0 Å². The number of H-pyrrole nitrogens is 1. The zero-order chi connectivity index (χ0) is 13.5. The Kier molecular flexibility index (Phi) is 2.50. The normalized spacial score (nSPS) is 16.5. The summed E-state index contributed by atoms with van der Waals surface area (Å²) < 4.78 is 12.7. The third kappa shape index (κ3) is 1.69. The Morgan fingerprint density at radius 1 is 1.05 bits per heavy atom. The van der Waals surface area contributed by atoms with Crippen LogP contribution in [-0.2, 0) is 17.2 Å². The number of benzene rings is 2. The molecule has 1 aliphatic heterocycles. The molecule has 4 rings (SSSR count). The second-order valence-corrected chi connectivity index (χ2v) is 6.03. The van der Waals surface area contributed by atoms with Gasteiger partial charge in [0.2, 0.25) is 5.82 Å². The summed E-state index contributed by atoms with van der Waals surface area (Å²) >= 11 is 0. The molecule has 98 valence electrons. The first-order chi connectivity index (χ1) is 9.83. The second kappa shape index (κ2) is 4.35. The van der Waals surface area contributed by atoms with Crippen LogP contribution in [0.5, 0.6) is 0 Å². The van der Waals surface area contributed by atoms with Gasteiger partial charge in [-0.1, -0.05) is 30.3 Å². The number of hydrogen-bond donors (Lipinski definition) is 1. The van der Waals surface area contributed by atoms with E-state index in [1.807, 2.05) is 42.5 Å². The minimum absolute atomic E-state index is 0.517. The maximum atomic E-state index is 12.7. The van der Waals surface area contributed by atoms with Gasteiger partial charge in [-0.05, 0) is 34.9 Å². The summed E-state index contributed by atoms with van der Waals surface area (Å²) in [6.45, 7) is 0. The molecular weight excluding hydrogens is 272 g/mol. The Morgan fingerprint density at radius 3 is 2.75 bits per heavy atom. The number of aromatic nitrogens is 4. The van der Waals surface area contributed by atoms with Crippen LogP contribution in [0.15, 0.2) is 52.3 Å². The molecule has 1 aliphatic rings. The predicted octanol–water partition coefficient (Wildman–Crippen LogP) is 1.94. The highest BCUT2D eigenvalue weighted by atomic mass is 32.2. The van der Waals surface area contributed by atoms with Crippen LogP contribution in [0.2, 0.25) is 0 Å². The number of rotatable bonds is 1. The Bertz CT molecular complexity index is 814. The Labute approximate surface area is 117 Å². The Hall–Kier alpha value is -2.34. The first kappa shape index (κ1) is 11.5. The molecule has 6 heteroatoms. The van der Waals surface area contributed by atoms with Crippen LogP contribution in [0.3, 0.4) is 0 Å². The zero-order valence-electron chi connectivity index (χ0n) is 10.4. The van der Waals surface area contributed by atoms with Gasteiger partial charge in [0.15, 0.2) is 0 Å². The summed E-state index contributed by atoms with van der Waals surface area (Å²) in [5, 5.41) is 13.9. The molecule has 0 amide bonds. The van der Waals surface area contributed by atoms with E-state index in [4.69, 9.17) is 0 Å². The Balaban J connectivity index is 1.86. The lowest BCUT2D eigenvalue weighted by Gasteiger charge is -2.19. The molecular formula is C14H10N4OS. The summed E-state index contributed by atoms with van der Waals surface area (Å²) in [6, 6.07) is 13.7. The van der Waals surface area contributed by atoms with Gasteiger partial charge in [-0.25, -0.2) is 4.21 Å². The van der Waals surface area contributed by atoms with Crippen molar-refractivity contribution in [1.82, 2.24) is 20.6 Å². The lowest BCUT2D eigenvalue weighted by Crippen LogP contribution is -2.09. The van der Waals surface area contributed by atoms with Crippen molar-refractivity contribution in [1.29, 1.82) is 0 Å². The van der Waals surface area contributed by atoms with Crippen LogP contribution in [0.4, 0.5) is 0 Å². The van der Waals surface area contributed by atoms with E-state index in [0.717, 1.165) is 32.9 Å². The predicted molar refractivity (Wildman–Crippen MR) is 73.5 cm³/mol. The van der Waals surface area contributed by atoms with Gasteiger partial charge in [0, 0.05) is 15.4 Å². The first-order valence-corrected chi connectivity index (χ1v) is 7.34.